The second-order valence-electron chi connectivity index (χ2n) is 11.3. The molecular formula is C33H38BrN3O6S. The number of morpholine rings is 1. The number of nitriles is 1. The minimum absolute atomic E-state index is 0.0729. The van der Waals surface area contributed by atoms with Crippen molar-refractivity contribution in [3.8, 4) is 17.6 Å². The van der Waals surface area contributed by atoms with Crippen LogP contribution in [-0.2, 0) is 26.2 Å². The molecule has 0 saturated carbocycles. The molecule has 1 aliphatic carbocycles. The van der Waals surface area contributed by atoms with Crippen molar-refractivity contribution >= 4 is 31.7 Å². The Labute approximate surface area is 268 Å². The summed E-state index contributed by atoms with van der Waals surface area (Å²) in [4.78, 5) is 13.7. The predicted molar refractivity (Wildman–Crippen MR) is 170 cm³/mol. The Kier molecular flexibility index (Phi) is 10.2. The lowest BCUT2D eigenvalue weighted by Gasteiger charge is -2.35. The summed E-state index contributed by atoms with van der Waals surface area (Å²) in [5.41, 5.74) is 4.27. The molecule has 2 aromatic carbocycles. The standard InChI is InChI=1S/C33H38BrN3O6S/c1-4-7-22-15-28-32(29(38)16-22)31(26(19-35)21(3)36-28)24-17-27(34)33(30(18-24)42-5-2)43-20-23-8-6-9-25(14-23)44(39,40)37-10-12-41-13-11-37/h6,8-9,14,17-18,22,31,36H,4-5,7,10-13,15-16,20H2,1-3H3. The summed E-state index contributed by atoms with van der Waals surface area (Å²) in [5.74, 6) is 0.774. The van der Waals surface area contributed by atoms with Crippen molar-refractivity contribution in [2.45, 2.75) is 63.9 Å². The molecule has 5 rings (SSSR count). The number of hydrogen-bond donors (Lipinski definition) is 1. The number of carbonyl (C=O) groups is 1. The van der Waals surface area contributed by atoms with Gasteiger partial charge in [0.15, 0.2) is 17.3 Å². The first-order chi connectivity index (χ1) is 21.2. The molecule has 2 aliphatic heterocycles. The maximum atomic E-state index is 13.5. The fraction of sp³-hybridized carbons (Fsp3) is 0.455. The van der Waals surface area contributed by atoms with E-state index in [2.05, 4.69) is 34.2 Å². The van der Waals surface area contributed by atoms with Crippen LogP contribution in [0, 0.1) is 17.2 Å². The summed E-state index contributed by atoms with van der Waals surface area (Å²) < 4.78 is 46.0. The van der Waals surface area contributed by atoms with Gasteiger partial charge in [-0.1, -0.05) is 25.5 Å². The Bertz CT molecular complexity index is 1640. The van der Waals surface area contributed by atoms with Gasteiger partial charge in [0.25, 0.3) is 0 Å². The van der Waals surface area contributed by atoms with Crippen molar-refractivity contribution in [3.05, 3.63) is 74.5 Å². The van der Waals surface area contributed by atoms with Crippen LogP contribution < -0.4 is 14.8 Å². The van der Waals surface area contributed by atoms with Gasteiger partial charge < -0.3 is 19.5 Å². The second kappa shape index (κ2) is 13.9. The summed E-state index contributed by atoms with van der Waals surface area (Å²) in [5, 5.41) is 13.5. The van der Waals surface area contributed by atoms with Gasteiger partial charge in [-0.05, 0) is 83.9 Å². The molecule has 1 saturated heterocycles. The number of ketones is 1. The average Bonchev–Trinajstić information content (AvgIpc) is 3.00. The topological polar surface area (TPSA) is 118 Å². The summed E-state index contributed by atoms with van der Waals surface area (Å²) in [7, 11) is -3.65. The molecule has 0 bridgehead atoms. The molecule has 0 spiro atoms. The molecule has 44 heavy (non-hydrogen) atoms. The normalized spacial score (nSPS) is 21.0. The van der Waals surface area contributed by atoms with Crippen LogP contribution in [0.4, 0.5) is 0 Å². The van der Waals surface area contributed by atoms with E-state index in [1.54, 1.807) is 18.2 Å². The average molecular weight is 685 g/mol. The van der Waals surface area contributed by atoms with Crippen LogP contribution in [0.1, 0.15) is 63.5 Å². The van der Waals surface area contributed by atoms with Crippen molar-refractivity contribution < 1.29 is 27.4 Å². The van der Waals surface area contributed by atoms with Gasteiger partial charge in [-0.2, -0.15) is 9.57 Å². The highest BCUT2D eigenvalue weighted by atomic mass is 79.9. The Morgan fingerprint density at radius 3 is 2.61 bits per heavy atom. The maximum absolute atomic E-state index is 13.5. The fourth-order valence-electron chi connectivity index (χ4n) is 6.26. The van der Waals surface area contributed by atoms with Crippen molar-refractivity contribution in [2.75, 3.05) is 32.9 Å². The third-order valence-electron chi connectivity index (χ3n) is 8.28. The summed E-state index contributed by atoms with van der Waals surface area (Å²) in [6.45, 7) is 7.76. The van der Waals surface area contributed by atoms with Gasteiger partial charge in [-0.25, -0.2) is 8.42 Å². The van der Waals surface area contributed by atoms with Gasteiger partial charge in [0.2, 0.25) is 10.0 Å². The molecule has 0 amide bonds. The molecule has 234 valence electrons. The predicted octanol–water partition coefficient (Wildman–Crippen LogP) is 5.97. The molecule has 0 aromatic heterocycles. The minimum Gasteiger partial charge on any atom is -0.490 e. The minimum atomic E-state index is -3.65. The quantitative estimate of drug-likeness (QED) is 0.326. The van der Waals surface area contributed by atoms with Gasteiger partial charge in [0.05, 0.1) is 46.7 Å². The largest absolute Gasteiger partial charge is 0.490 e. The molecular weight excluding hydrogens is 646 g/mol. The molecule has 9 nitrogen and oxygen atoms in total. The first-order valence-corrected chi connectivity index (χ1v) is 17.3. The van der Waals surface area contributed by atoms with Crippen molar-refractivity contribution in [2.24, 2.45) is 5.92 Å². The third-order valence-corrected chi connectivity index (χ3v) is 10.8. The van der Waals surface area contributed by atoms with E-state index >= 15 is 0 Å². The van der Waals surface area contributed by atoms with E-state index < -0.39 is 15.9 Å². The number of nitrogens with one attached hydrogen (secondary N) is 1. The molecule has 2 unspecified atom stereocenters. The Balaban J connectivity index is 1.45. The smallest absolute Gasteiger partial charge is 0.243 e. The number of carbonyl (C=O) groups excluding carboxylic acids is 1. The highest BCUT2D eigenvalue weighted by Crippen LogP contribution is 2.47. The highest BCUT2D eigenvalue weighted by molar-refractivity contribution is 9.10. The number of nitrogens with zero attached hydrogens (tertiary/aromatic N) is 2. The van der Waals surface area contributed by atoms with E-state index in [-0.39, 0.29) is 17.3 Å². The van der Waals surface area contributed by atoms with Gasteiger partial charge >= 0.3 is 0 Å². The summed E-state index contributed by atoms with van der Waals surface area (Å²) in [6, 6.07) is 12.8. The molecule has 0 radical (unpaired) electrons. The first-order valence-electron chi connectivity index (χ1n) is 15.1. The molecule has 2 atom stereocenters. The van der Waals surface area contributed by atoms with Crippen LogP contribution in [0.3, 0.4) is 0 Å². The van der Waals surface area contributed by atoms with E-state index in [1.807, 2.05) is 32.0 Å². The van der Waals surface area contributed by atoms with Crippen LogP contribution in [0.2, 0.25) is 0 Å². The zero-order valence-corrected chi connectivity index (χ0v) is 27.7. The van der Waals surface area contributed by atoms with Crippen molar-refractivity contribution in [1.29, 1.82) is 5.26 Å². The number of halogens is 1. The second-order valence-corrected chi connectivity index (χ2v) is 14.1. The fourth-order valence-corrected chi connectivity index (χ4v) is 8.31. The summed E-state index contributed by atoms with van der Waals surface area (Å²) in [6.07, 6.45) is 3.26. The highest BCUT2D eigenvalue weighted by Gasteiger charge is 2.39. The zero-order valence-electron chi connectivity index (χ0n) is 25.3. The van der Waals surface area contributed by atoms with Crippen LogP contribution in [0.5, 0.6) is 11.5 Å². The monoisotopic (exact) mass is 683 g/mol. The molecule has 3 aliphatic rings. The van der Waals surface area contributed by atoms with Crippen LogP contribution in [0.15, 0.2) is 68.3 Å². The Morgan fingerprint density at radius 2 is 1.91 bits per heavy atom. The number of benzene rings is 2. The van der Waals surface area contributed by atoms with E-state index in [0.29, 0.717) is 77.9 Å². The lowest BCUT2D eigenvalue weighted by molar-refractivity contribution is -0.117. The van der Waals surface area contributed by atoms with Gasteiger partial charge in [-0.15, -0.1) is 0 Å². The maximum Gasteiger partial charge on any atom is 0.243 e. The number of rotatable bonds is 10. The molecule has 2 aromatic rings. The SMILES string of the molecule is CCCC1CC(=O)C2=C(C1)NC(C)=C(C#N)C2c1cc(Br)c(OCc2cccc(S(=O)(=O)N3CCOCC3)c2)c(OCC)c1. The lowest BCUT2D eigenvalue weighted by Crippen LogP contribution is -2.40. The van der Waals surface area contributed by atoms with E-state index in [4.69, 9.17) is 14.2 Å². The number of hydrogen-bond acceptors (Lipinski definition) is 8. The molecule has 2 heterocycles. The Morgan fingerprint density at radius 1 is 1.14 bits per heavy atom. The van der Waals surface area contributed by atoms with Gasteiger partial charge in [0.1, 0.15) is 6.61 Å². The number of sulfonamides is 1. The lowest BCUT2D eigenvalue weighted by atomic mass is 9.72. The van der Waals surface area contributed by atoms with E-state index in [9.17, 15) is 18.5 Å². The van der Waals surface area contributed by atoms with Gasteiger partial charge in [-0.3, -0.25) is 4.79 Å². The van der Waals surface area contributed by atoms with Crippen LogP contribution in [-0.4, -0.2) is 51.4 Å². The number of dihydropyridines is 1. The van der Waals surface area contributed by atoms with Crippen LogP contribution >= 0.6 is 15.9 Å². The Hall–Kier alpha value is -3.17. The summed E-state index contributed by atoms with van der Waals surface area (Å²) >= 11 is 3.66. The molecule has 1 N–H and O–H groups in total. The number of ether oxygens (including phenoxy) is 3. The number of allylic oxidation sites excluding steroid dienone is 4. The third kappa shape index (κ3) is 6.59. The number of Topliss-reactive ketones (excluding diaryl/α,β-unsaturated/α-hetero) is 1. The van der Waals surface area contributed by atoms with Crippen LogP contribution in [0.25, 0.3) is 0 Å². The zero-order chi connectivity index (χ0) is 31.4. The van der Waals surface area contributed by atoms with Gasteiger partial charge in [0, 0.05) is 36.5 Å². The van der Waals surface area contributed by atoms with Crippen molar-refractivity contribution in [1.82, 2.24) is 9.62 Å². The first kappa shape index (κ1) is 32.2. The molecule has 11 heteroatoms. The van der Waals surface area contributed by atoms with E-state index in [1.165, 1.54) is 4.31 Å². The molecule has 1 fully saturated rings. The van der Waals surface area contributed by atoms with Crippen molar-refractivity contribution in [3.63, 3.8) is 0 Å². The van der Waals surface area contributed by atoms with E-state index in [0.717, 1.165) is 36.2 Å².